The normalized spacial score (nSPS) is 10.4. The summed E-state index contributed by atoms with van der Waals surface area (Å²) in [6.07, 6.45) is -2.42. The molecular formula is C41H61N9O20. The molecule has 70 heavy (non-hydrogen) atoms. The first-order valence-corrected chi connectivity index (χ1v) is 21.6. The minimum Gasteiger partial charge on any atom is -0.480 e. The summed E-state index contributed by atoms with van der Waals surface area (Å²) < 4.78 is 0. The van der Waals surface area contributed by atoms with Gasteiger partial charge in [-0.05, 0) is 19.9 Å². The fourth-order valence-corrected chi connectivity index (χ4v) is 5.75. The highest BCUT2D eigenvalue weighted by Gasteiger charge is 2.25. The number of Topliss-reactive ketones (excluding diaryl/α,β-unsaturated/α-hetero) is 4. The lowest BCUT2D eigenvalue weighted by molar-refractivity contribution is -0.146. The zero-order valence-corrected chi connectivity index (χ0v) is 38.9. The molecule has 0 aliphatic heterocycles. The van der Waals surface area contributed by atoms with Gasteiger partial charge in [0.1, 0.15) is 45.1 Å². The first kappa shape index (κ1) is 62.3. The molecule has 0 aliphatic carbocycles. The van der Waals surface area contributed by atoms with Crippen LogP contribution in [0, 0.1) is 0 Å². The summed E-state index contributed by atoms with van der Waals surface area (Å²) in [5.41, 5.74) is 0. The van der Waals surface area contributed by atoms with Crippen molar-refractivity contribution in [2.45, 2.75) is 71.1 Å². The SMILES string of the molecule is CCCC(=O)NCC(=O)N(CC(=O)O)CC(=O)NCC(=O)CCC(=O)N(CC(=O)O)CC(=O)CCCNC(=O)CN(CC(=O)O)C(=O)CNC(=O)CCC(=O)CN(CC(=O)O)C(=O)CCC(=O)CNC. The molecule has 0 rings (SSSR count). The highest BCUT2D eigenvalue weighted by molar-refractivity contribution is 5.95. The van der Waals surface area contributed by atoms with Crippen LogP contribution in [0.25, 0.3) is 0 Å². The van der Waals surface area contributed by atoms with E-state index in [0.29, 0.717) is 21.1 Å². The number of aliphatic carboxylic acids is 4. The number of nitrogens with one attached hydrogen (secondary N) is 5. The van der Waals surface area contributed by atoms with Gasteiger partial charge in [0, 0.05) is 57.9 Å². The molecular weight excluding hydrogens is 938 g/mol. The van der Waals surface area contributed by atoms with Gasteiger partial charge in [0.05, 0.1) is 39.3 Å². The molecule has 0 spiro atoms. The minimum atomic E-state index is -1.52. The van der Waals surface area contributed by atoms with E-state index in [2.05, 4.69) is 26.6 Å². The second-order valence-corrected chi connectivity index (χ2v) is 15.3. The maximum absolute atomic E-state index is 12.8. The molecule has 0 atom stereocenters. The average Bonchev–Trinajstić information content (AvgIpc) is 3.27. The second-order valence-electron chi connectivity index (χ2n) is 15.3. The highest BCUT2D eigenvalue weighted by atomic mass is 16.4. The molecule has 8 amide bonds. The summed E-state index contributed by atoms with van der Waals surface area (Å²) in [5.74, 6) is -15.1. The van der Waals surface area contributed by atoms with Crippen molar-refractivity contribution in [2.24, 2.45) is 0 Å². The van der Waals surface area contributed by atoms with Crippen molar-refractivity contribution in [1.82, 2.24) is 46.2 Å². The van der Waals surface area contributed by atoms with Gasteiger partial charge in [-0.25, -0.2) is 0 Å². The molecule has 390 valence electrons. The van der Waals surface area contributed by atoms with Crippen LogP contribution in [0.2, 0.25) is 0 Å². The van der Waals surface area contributed by atoms with Crippen LogP contribution in [0.15, 0.2) is 0 Å². The molecule has 29 nitrogen and oxygen atoms in total. The quantitative estimate of drug-likeness (QED) is 0.0259. The van der Waals surface area contributed by atoms with Crippen molar-refractivity contribution in [3.05, 3.63) is 0 Å². The van der Waals surface area contributed by atoms with Crippen LogP contribution >= 0.6 is 0 Å². The third-order valence-electron chi connectivity index (χ3n) is 9.15. The van der Waals surface area contributed by atoms with E-state index in [1.54, 1.807) is 6.92 Å². The van der Waals surface area contributed by atoms with Gasteiger partial charge in [0.2, 0.25) is 47.3 Å². The van der Waals surface area contributed by atoms with Crippen LogP contribution in [0.3, 0.4) is 0 Å². The number of carbonyl (C=O) groups excluding carboxylic acids is 12. The molecule has 0 radical (unpaired) electrons. The zero-order chi connectivity index (χ0) is 53.3. The Balaban J connectivity index is 5.00. The molecule has 0 aromatic rings. The van der Waals surface area contributed by atoms with Gasteiger partial charge in [-0.15, -0.1) is 0 Å². The lowest BCUT2D eigenvalue weighted by Gasteiger charge is -2.21. The molecule has 29 heteroatoms. The van der Waals surface area contributed by atoms with E-state index in [9.17, 15) is 86.9 Å². The molecule has 9 N–H and O–H groups in total. The van der Waals surface area contributed by atoms with Crippen LogP contribution in [0.1, 0.15) is 71.1 Å². The molecule has 0 bridgehead atoms. The number of carbonyl (C=O) groups is 16. The van der Waals surface area contributed by atoms with Crippen molar-refractivity contribution in [1.29, 1.82) is 0 Å². The van der Waals surface area contributed by atoms with Gasteiger partial charge in [0.25, 0.3) is 0 Å². The third-order valence-corrected chi connectivity index (χ3v) is 9.15. The Morgan fingerprint density at radius 2 is 0.700 bits per heavy atom. The minimum absolute atomic E-state index is 0.0197. The molecule has 0 fully saturated rings. The summed E-state index contributed by atoms with van der Waals surface area (Å²) in [6, 6.07) is 0. The number of carboxylic acid groups (broad SMARTS) is 4. The molecule has 0 saturated carbocycles. The number of carboxylic acids is 4. The van der Waals surface area contributed by atoms with E-state index in [1.165, 1.54) is 7.05 Å². The lowest BCUT2D eigenvalue weighted by atomic mass is 10.1. The van der Waals surface area contributed by atoms with Gasteiger partial charge >= 0.3 is 23.9 Å². The molecule has 0 aromatic heterocycles. The third kappa shape index (κ3) is 30.5. The zero-order valence-electron chi connectivity index (χ0n) is 38.9. The largest absolute Gasteiger partial charge is 0.480 e. The van der Waals surface area contributed by atoms with E-state index in [4.69, 9.17) is 10.2 Å². The van der Waals surface area contributed by atoms with E-state index >= 15 is 0 Å². The van der Waals surface area contributed by atoms with Crippen molar-refractivity contribution in [3.8, 4) is 0 Å². The Labute approximate surface area is 400 Å². The first-order valence-electron chi connectivity index (χ1n) is 21.6. The summed E-state index contributed by atoms with van der Waals surface area (Å²) in [7, 11) is 1.52. The molecule has 0 heterocycles. The summed E-state index contributed by atoms with van der Waals surface area (Å²) in [5, 5.41) is 48.4. The first-order chi connectivity index (χ1) is 32.9. The number of hydrogen-bond acceptors (Lipinski definition) is 17. The van der Waals surface area contributed by atoms with Crippen molar-refractivity contribution in [3.63, 3.8) is 0 Å². The molecule has 0 saturated heterocycles. The number of rotatable bonds is 39. The van der Waals surface area contributed by atoms with Gasteiger partial charge in [0.15, 0.2) is 17.3 Å². The molecule has 0 unspecified atom stereocenters. The smallest absolute Gasteiger partial charge is 0.323 e. The monoisotopic (exact) mass is 999 g/mol. The van der Waals surface area contributed by atoms with E-state index in [0.717, 1.165) is 4.90 Å². The number of likely N-dealkylation sites (N-methyl/N-ethyl adjacent to an activating group) is 1. The maximum Gasteiger partial charge on any atom is 0.323 e. The fourth-order valence-electron chi connectivity index (χ4n) is 5.75. The van der Waals surface area contributed by atoms with E-state index < -0.39 is 186 Å². The van der Waals surface area contributed by atoms with Crippen LogP contribution in [-0.4, -0.2) is 226 Å². The number of amides is 8. The molecule has 0 aromatic carbocycles. The van der Waals surface area contributed by atoms with Gasteiger partial charge in [-0.3, -0.25) is 76.7 Å². The fraction of sp³-hybridized carbons (Fsp3) is 0.610. The predicted octanol–water partition coefficient (Wildman–Crippen LogP) is -5.48. The highest BCUT2D eigenvalue weighted by Crippen LogP contribution is 2.05. The summed E-state index contributed by atoms with van der Waals surface area (Å²) in [6.45, 7) is -7.14. The van der Waals surface area contributed by atoms with Crippen LogP contribution < -0.4 is 26.6 Å². The standard InChI is InChI=1S/C41H61N9O20/c1-3-5-30(55)45-16-36(61)50(25-41(69)70)21-33(58)44-15-27(52)9-12-35(60)47(22-38(63)64)18-28(53)6-4-13-43-32(57)20-49(24-40(67)68)37(62)17-46-31(56)10-7-29(54)19-48(23-39(65)66)34(59)11-8-26(51)14-42-2/h42H,3-25H2,1-2H3,(H,43,57)(H,44,58)(H,45,55)(H,46,56)(H,63,64)(H,65,66)(H,67,68)(H,69,70). The van der Waals surface area contributed by atoms with E-state index in [-0.39, 0.29) is 51.0 Å². The van der Waals surface area contributed by atoms with Crippen molar-refractivity contribution >= 4 is 94.3 Å². The van der Waals surface area contributed by atoms with Crippen LogP contribution in [-0.2, 0) is 76.7 Å². The number of nitrogens with zero attached hydrogens (tertiary/aromatic N) is 4. The van der Waals surface area contributed by atoms with Gasteiger partial charge < -0.3 is 66.6 Å². The number of ketones is 4. The Kier molecular flexibility index (Phi) is 30.7. The Hall–Kier alpha value is -7.72. The maximum atomic E-state index is 12.8. The van der Waals surface area contributed by atoms with Gasteiger partial charge in [-0.2, -0.15) is 0 Å². The topological polar surface area (TPSA) is 427 Å². The lowest BCUT2D eigenvalue weighted by Crippen LogP contribution is -2.47. The predicted molar refractivity (Wildman–Crippen MR) is 235 cm³/mol. The van der Waals surface area contributed by atoms with Crippen molar-refractivity contribution in [2.75, 3.05) is 92.1 Å². The number of hydrogen-bond donors (Lipinski definition) is 9. The molecule has 0 aliphatic rings. The summed E-state index contributed by atoms with van der Waals surface area (Å²) >= 11 is 0. The Morgan fingerprint density at radius 1 is 0.343 bits per heavy atom. The summed E-state index contributed by atoms with van der Waals surface area (Å²) in [4.78, 5) is 196. The Bertz CT molecular complexity index is 1820. The Morgan fingerprint density at radius 3 is 1.11 bits per heavy atom. The van der Waals surface area contributed by atoms with E-state index in [1.807, 2.05) is 0 Å². The second kappa shape index (κ2) is 34.6. The average molecular weight is 1000 g/mol. The van der Waals surface area contributed by atoms with Gasteiger partial charge in [-0.1, -0.05) is 6.92 Å². The van der Waals surface area contributed by atoms with Crippen molar-refractivity contribution < 1.29 is 97.1 Å². The van der Waals surface area contributed by atoms with Crippen LogP contribution in [0.5, 0.6) is 0 Å². The van der Waals surface area contributed by atoms with Crippen LogP contribution in [0.4, 0.5) is 0 Å².